The number of ether oxygens (including phenoxy) is 1. The standard InChI is InChI=1S/C26H28F3N3O6S/c1-16-21(27)12-20(25(29)24(16)28)26-30-22(17(2)38-26)15-37-19-8-6-7-18(11-19)13-32(14-23(33)34)39(35,36)31-9-4-3-5-10-31/h6-8,11-12H,3-5,9-10,13-15H2,1-2H3,(H,33,34). The molecule has 210 valence electrons. The number of carboxylic acid groups (broad SMARTS) is 1. The Morgan fingerprint density at radius 2 is 1.85 bits per heavy atom. The summed E-state index contributed by atoms with van der Waals surface area (Å²) in [5.41, 5.74) is -0.148. The van der Waals surface area contributed by atoms with Crippen LogP contribution in [0, 0.1) is 31.3 Å². The van der Waals surface area contributed by atoms with Crippen LogP contribution in [0.2, 0.25) is 0 Å². The smallest absolute Gasteiger partial charge is 0.318 e. The largest absolute Gasteiger partial charge is 0.487 e. The van der Waals surface area contributed by atoms with Gasteiger partial charge in [0.15, 0.2) is 11.6 Å². The van der Waals surface area contributed by atoms with Crippen LogP contribution in [0.5, 0.6) is 5.75 Å². The number of carbonyl (C=O) groups is 1. The number of benzene rings is 2. The topological polar surface area (TPSA) is 113 Å². The number of aryl methyl sites for hydroxylation is 1. The number of oxazole rings is 1. The first-order valence-corrected chi connectivity index (χ1v) is 13.7. The molecule has 2 heterocycles. The molecule has 1 N–H and O–H groups in total. The molecule has 0 atom stereocenters. The Bertz CT molecular complexity index is 1470. The molecule has 3 aromatic rings. The molecule has 1 fully saturated rings. The van der Waals surface area contributed by atoms with Crippen molar-refractivity contribution in [3.8, 4) is 17.2 Å². The van der Waals surface area contributed by atoms with Gasteiger partial charge in [-0.1, -0.05) is 18.6 Å². The van der Waals surface area contributed by atoms with Crippen LogP contribution >= 0.6 is 0 Å². The van der Waals surface area contributed by atoms with Crippen LogP contribution in [0.4, 0.5) is 13.2 Å². The number of halogens is 3. The first-order chi connectivity index (χ1) is 18.5. The summed E-state index contributed by atoms with van der Waals surface area (Å²) in [6.45, 7) is 2.33. The molecule has 4 rings (SSSR count). The molecule has 0 spiro atoms. The third-order valence-electron chi connectivity index (χ3n) is 6.42. The van der Waals surface area contributed by atoms with E-state index in [0.717, 1.165) is 23.7 Å². The monoisotopic (exact) mass is 567 g/mol. The van der Waals surface area contributed by atoms with Gasteiger partial charge in [0, 0.05) is 25.2 Å². The summed E-state index contributed by atoms with van der Waals surface area (Å²) < 4.78 is 82.1. The van der Waals surface area contributed by atoms with Crippen molar-refractivity contribution >= 4 is 16.2 Å². The van der Waals surface area contributed by atoms with Gasteiger partial charge in [0.1, 0.15) is 36.2 Å². The molecule has 1 saturated heterocycles. The molecule has 1 aromatic heterocycles. The van der Waals surface area contributed by atoms with Crippen molar-refractivity contribution in [2.45, 2.75) is 46.3 Å². The molecule has 1 aliphatic rings. The number of carboxylic acids is 1. The van der Waals surface area contributed by atoms with Gasteiger partial charge in [-0.3, -0.25) is 4.79 Å². The van der Waals surface area contributed by atoms with E-state index in [0.29, 0.717) is 37.2 Å². The SMILES string of the molecule is Cc1oc(-c2cc(F)c(C)c(F)c2F)nc1COc1cccc(CN(CC(=O)O)S(=O)(=O)N2CCCCC2)c1. The first-order valence-electron chi connectivity index (χ1n) is 12.3. The summed E-state index contributed by atoms with van der Waals surface area (Å²) in [4.78, 5) is 15.6. The van der Waals surface area contributed by atoms with E-state index >= 15 is 0 Å². The van der Waals surface area contributed by atoms with Crippen LogP contribution < -0.4 is 4.74 Å². The van der Waals surface area contributed by atoms with Gasteiger partial charge in [0.2, 0.25) is 5.89 Å². The molecule has 2 aromatic carbocycles. The lowest BCUT2D eigenvalue weighted by molar-refractivity contribution is -0.137. The van der Waals surface area contributed by atoms with Crippen LogP contribution in [-0.2, 0) is 28.2 Å². The van der Waals surface area contributed by atoms with Crippen molar-refractivity contribution in [3.63, 3.8) is 0 Å². The summed E-state index contributed by atoms with van der Waals surface area (Å²) in [5, 5.41) is 9.33. The lowest BCUT2D eigenvalue weighted by atomic mass is 10.1. The summed E-state index contributed by atoms with van der Waals surface area (Å²) in [7, 11) is -3.99. The average Bonchev–Trinajstić information content (AvgIpc) is 3.28. The minimum atomic E-state index is -3.99. The Kier molecular flexibility index (Phi) is 8.62. The fourth-order valence-electron chi connectivity index (χ4n) is 4.24. The molecular formula is C26H28F3N3O6S. The maximum atomic E-state index is 14.4. The molecule has 9 nitrogen and oxygen atoms in total. The van der Waals surface area contributed by atoms with Crippen molar-refractivity contribution < 1.29 is 40.6 Å². The van der Waals surface area contributed by atoms with Gasteiger partial charge in [-0.15, -0.1) is 0 Å². The van der Waals surface area contributed by atoms with Crippen molar-refractivity contribution in [1.82, 2.24) is 13.6 Å². The highest BCUT2D eigenvalue weighted by Gasteiger charge is 2.32. The second-order valence-corrected chi connectivity index (χ2v) is 11.2. The van der Waals surface area contributed by atoms with Gasteiger partial charge in [0.05, 0.1) is 5.56 Å². The van der Waals surface area contributed by atoms with Crippen LogP contribution in [0.25, 0.3) is 11.5 Å². The molecule has 0 unspecified atom stereocenters. The Hall–Kier alpha value is -3.42. The summed E-state index contributed by atoms with van der Waals surface area (Å²) in [5.74, 6) is -4.53. The van der Waals surface area contributed by atoms with E-state index in [1.165, 1.54) is 4.31 Å². The van der Waals surface area contributed by atoms with Crippen LogP contribution in [0.15, 0.2) is 34.7 Å². The van der Waals surface area contributed by atoms with E-state index in [1.54, 1.807) is 31.2 Å². The van der Waals surface area contributed by atoms with E-state index in [2.05, 4.69) is 4.98 Å². The van der Waals surface area contributed by atoms with Gasteiger partial charge >= 0.3 is 5.97 Å². The van der Waals surface area contributed by atoms with E-state index in [4.69, 9.17) is 9.15 Å². The van der Waals surface area contributed by atoms with Gasteiger partial charge in [-0.2, -0.15) is 17.0 Å². The van der Waals surface area contributed by atoms with E-state index in [1.807, 2.05) is 0 Å². The maximum Gasteiger partial charge on any atom is 0.318 e. The van der Waals surface area contributed by atoms with E-state index in [-0.39, 0.29) is 30.5 Å². The van der Waals surface area contributed by atoms with Crippen molar-refractivity contribution in [2.24, 2.45) is 0 Å². The highest BCUT2D eigenvalue weighted by Crippen LogP contribution is 2.30. The summed E-state index contributed by atoms with van der Waals surface area (Å²) in [6, 6.07) is 7.28. The minimum Gasteiger partial charge on any atom is -0.487 e. The van der Waals surface area contributed by atoms with Crippen LogP contribution in [-0.4, -0.2) is 52.7 Å². The third-order valence-corrected chi connectivity index (χ3v) is 8.35. The molecule has 1 aliphatic heterocycles. The average molecular weight is 568 g/mol. The van der Waals surface area contributed by atoms with Gasteiger partial charge < -0.3 is 14.3 Å². The van der Waals surface area contributed by atoms with E-state index < -0.39 is 51.3 Å². The summed E-state index contributed by atoms with van der Waals surface area (Å²) in [6.07, 6.45) is 2.35. The third kappa shape index (κ3) is 6.43. The van der Waals surface area contributed by atoms with Crippen molar-refractivity contribution in [3.05, 3.63) is 70.4 Å². The van der Waals surface area contributed by atoms with Gasteiger partial charge in [-0.25, -0.2) is 18.2 Å². The molecule has 0 saturated carbocycles. The highest BCUT2D eigenvalue weighted by atomic mass is 32.2. The Morgan fingerprint density at radius 1 is 1.13 bits per heavy atom. The maximum absolute atomic E-state index is 14.4. The number of piperidine rings is 1. The molecule has 13 heteroatoms. The zero-order valence-corrected chi connectivity index (χ0v) is 22.2. The van der Waals surface area contributed by atoms with Crippen molar-refractivity contribution in [2.75, 3.05) is 19.6 Å². The highest BCUT2D eigenvalue weighted by molar-refractivity contribution is 7.86. The quantitative estimate of drug-likeness (QED) is 0.357. The van der Waals surface area contributed by atoms with Gasteiger partial charge in [0.25, 0.3) is 10.2 Å². The Labute approximate surface area is 224 Å². The normalized spacial score (nSPS) is 14.6. The fourth-order valence-corrected chi connectivity index (χ4v) is 5.87. The van der Waals surface area contributed by atoms with Crippen molar-refractivity contribution in [1.29, 1.82) is 0 Å². The Morgan fingerprint density at radius 3 is 2.54 bits per heavy atom. The molecular weight excluding hydrogens is 539 g/mol. The first kappa shape index (κ1) is 28.6. The molecule has 0 amide bonds. The number of hydrogen-bond acceptors (Lipinski definition) is 6. The predicted molar refractivity (Wildman–Crippen MR) is 134 cm³/mol. The lowest BCUT2D eigenvalue weighted by Crippen LogP contribution is -2.47. The zero-order chi connectivity index (χ0) is 28.3. The van der Waals surface area contributed by atoms with E-state index in [9.17, 15) is 31.5 Å². The lowest BCUT2D eigenvalue weighted by Gasteiger charge is -2.31. The molecule has 0 aliphatic carbocycles. The number of nitrogens with zero attached hydrogens (tertiary/aromatic N) is 3. The predicted octanol–water partition coefficient (Wildman–Crippen LogP) is 4.57. The zero-order valence-electron chi connectivity index (χ0n) is 21.4. The van der Waals surface area contributed by atoms with Gasteiger partial charge in [-0.05, 0) is 50.5 Å². The number of rotatable bonds is 10. The van der Waals surface area contributed by atoms with Crippen LogP contribution in [0.1, 0.15) is 41.8 Å². The molecule has 39 heavy (non-hydrogen) atoms. The Balaban J connectivity index is 1.49. The molecule has 0 bridgehead atoms. The van der Waals surface area contributed by atoms with Crippen LogP contribution in [0.3, 0.4) is 0 Å². The second-order valence-electron chi connectivity index (χ2n) is 9.25. The number of hydrogen-bond donors (Lipinski definition) is 1. The molecule has 0 radical (unpaired) electrons. The second kappa shape index (κ2) is 11.8. The fraction of sp³-hybridized carbons (Fsp3) is 0.385. The number of aromatic nitrogens is 1. The number of aliphatic carboxylic acids is 1. The minimum absolute atomic E-state index is 0.137. The summed E-state index contributed by atoms with van der Waals surface area (Å²) >= 11 is 0.